The predicted molar refractivity (Wildman–Crippen MR) is 93.6 cm³/mol. The van der Waals surface area contributed by atoms with E-state index < -0.39 is 29.1 Å². The lowest BCUT2D eigenvalue weighted by Gasteiger charge is -2.29. The Morgan fingerprint density at radius 2 is 1.96 bits per heavy atom. The molecule has 2 rings (SSSR count). The summed E-state index contributed by atoms with van der Waals surface area (Å²) in [5, 5.41) is 5.71. The number of carbonyl (C=O) groups excluding carboxylic acids is 2. The monoisotopic (exact) mass is 393 g/mol. The highest BCUT2D eigenvalue weighted by molar-refractivity contribution is 5.91. The Morgan fingerprint density at radius 3 is 2.50 bits per heavy atom. The fourth-order valence-corrected chi connectivity index (χ4v) is 2.92. The molecule has 0 bridgehead atoms. The quantitative estimate of drug-likeness (QED) is 0.693. The van der Waals surface area contributed by atoms with Crippen molar-refractivity contribution in [3.05, 3.63) is 35.4 Å². The summed E-state index contributed by atoms with van der Waals surface area (Å²) >= 11 is 0. The third-order valence-corrected chi connectivity index (χ3v) is 4.59. The molecule has 0 saturated carbocycles. The van der Waals surface area contributed by atoms with Gasteiger partial charge in [0.05, 0.1) is 5.56 Å². The lowest BCUT2D eigenvalue weighted by Crippen LogP contribution is -2.52. The standard InChI is InChI=1S/C17H22F3N3O2.ClH/c1-16(15(21)25,12-3-2-4-13(9-12)17(18,19)20)23-14(24)6-5-11-7-8-22-10-11;/h2-4,9,11,22H,5-8,10H2,1H3,(H2,21,25)(H,23,24);1H. The summed E-state index contributed by atoms with van der Waals surface area (Å²) in [6, 6.07) is 4.28. The average molecular weight is 394 g/mol. The zero-order chi connectivity index (χ0) is 18.7. The number of rotatable bonds is 6. The first-order chi connectivity index (χ1) is 11.6. The van der Waals surface area contributed by atoms with Crippen LogP contribution in [0.25, 0.3) is 0 Å². The molecule has 1 aromatic carbocycles. The Morgan fingerprint density at radius 1 is 1.31 bits per heavy atom. The Labute approximate surface area is 156 Å². The van der Waals surface area contributed by atoms with Gasteiger partial charge in [-0.1, -0.05) is 12.1 Å². The second-order valence-electron chi connectivity index (χ2n) is 6.51. The van der Waals surface area contributed by atoms with Crippen LogP contribution >= 0.6 is 12.4 Å². The van der Waals surface area contributed by atoms with E-state index in [1.807, 2.05) is 0 Å². The molecule has 2 amide bonds. The van der Waals surface area contributed by atoms with Crippen molar-refractivity contribution in [2.24, 2.45) is 11.7 Å². The van der Waals surface area contributed by atoms with E-state index in [-0.39, 0.29) is 24.4 Å². The minimum Gasteiger partial charge on any atom is -0.367 e. The normalized spacial score (nSPS) is 19.3. The molecular formula is C17H23ClF3N3O2. The van der Waals surface area contributed by atoms with E-state index in [2.05, 4.69) is 10.6 Å². The highest BCUT2D eigenvalue weighted by atomic mass is 35.5. The maximum absolute atomic E-state index is 12.9. The zero-order valence-electron chi connectivity index (χ0n) is 14.4. The number of alkyl halides is 3. The van der Waals surface area contributed by atoms with Gasteiger partial charge in [-0.05, 0) is 56.5 Å². The van der Waals surface area contributed by atoms with Crippen LogP contribution in [0, 0.1) is 5.92 Å². The van der Waals surface area contributed by atoms with Crippen LogP contribution in [0.15, 0.2) is 24.3 Å². The van der Waals surface area contributed by atoms with Crippen LogP contribution in [0.5, 0.6) is 0 Å². The minimum atomic E-state index is -4.55. The summed E-state index contributed by atoms with van der Waals surface area (Å²) in [5.41, 5.74) is 2.79. The summed E-state index contributed by atoms with van der Waals surface area (Å²) in [6.07, 6.45) is -2.73. The number of carbonyl (C=O) groups is 2. The van der Waals surface area contributed by atoms with Crippen LogP contribution in [0.2, 0.25) is 0 Å². The molecule has 1 fully saturated rings. The van der Waals surface area contributed by atoms with E-state index in [1.54, 1.807) is 0 Å². The van der Waals surface area contributed by atoms with E-state index in [0.29, 0.717) is 12.3 Å². The van der Waals surface area contributed by atoms with Gasteiger partial charge in [-0.15, -0.1) is 12.4 Å². The van der Waals surface area contributed by atoms with Gasteiger partial charge in [0, 0.05) is 6.42 Å². The van der Waals surface area contributed by atoms with E-state index in [1.165, 1.54) is 19.1 Å². The minimum absolute atomic E-state index is 0. The molecule has 0 aromatic heterocycles. The Kier molecular flexibility index (Phi) is 7.46. The average Bonchev–Trinajstić information content (AvgIpc) is 3.05. The third-order valence-electron chi connectivity index (χ3n) is 4.59. The Hall–Kier alpha value is -1.80. The van der Waals surface area contributed by atoms with Gasteiger partial charge >= 0.3 is 6.18 Å². The fraction of sp³-hybridized carbons (Fsp3) is 0.529. The van der Waals surface area contributed by atoms with Gasteiger partial charge in [0.1, 0.15) is 5.54 Å². The molecule has 0 aliphatic carbocycles. The zero-order valence-corrected chi connectivity index (χ0v) is 15.2. The molecule has 1 aromatic rings. The number of hydrogen-bond donors (Lipinski definition) is 3. The maximum Gasteiger partial charge on any atom is 0.416 e. The van der Waals surface area contributed by atoms with Crippen LogP contribution in [0.1, 0.15) is 37.3 Å². The number of amides is 2. The second-order valence-corrected chi connectivity index (χ2v) is 6.51. The molecule has 9 heteroatoms. The lowest BCUT2D eigenvalue weighted by atomic mass is 9.89. The number of halogens is 4. The van der Waals surface area contributed by atoms with Gasteiger partial charge in [-0.25, -0.2) is 0 Å². The smallest absolute Gasteiger partial charge is 0.367 e. The number of benzene rings is 1. The molecule has 0 spiro atoms. The molecule has 1 saturated heterocycles. The Balaban J connectivity index is 0.00000338. The third kappa shape index (κ3) is 5.35. The van der Waals surface area contributed by atoms with Crippen molar-refractivity contribution < 1.29 is 22.8 Å². The van der Waals surface area contributed by atoms with Crippen molar-refractivity contribution in [2.75, 3.05) is 13.1 Å². The van der Waals surface area contributed by atoms with Gasteiger partial charge in [-0.3, -0.25) is 9.59 Å². The lowest BCUT2D eigenvalue weighted by molar-refractivity contribution is -0.138. The van der Waals surface area contributed by atoms with E-state index in [4.69, 9.17) is 5.73 Å². The molecule has 2 atom stereocenters. The van der Waals surface area contributed by atoms with Crippen molar-refractivity contribution in [1.29, 1.82) is 0 Å². The van der Waals surface area contributed by atoms with Crippen LogP contribution in [0.3, 0.4) is 0 Å². The first kappa shape index (κ1) is 22.2. The Bertz CT molecular complexity index is 648. The van der Waals surface area contributed by atoms with E-state index in [9.17, 15) is 22.8 Å². The van der Waals surface area contributed by atoms with E-state index >= 15 is 0 Å². The van der Waals surface area contributed by atoms with Crippen LogP contribution in [-0.2, 0) is 21.3 Å². The van der Waals surface area contributed by atoms with Crippen molar-refractivity contribution in [1.82, 2.24) is 10.6 Å². The SMILES string of the molecule is CC(NC(=O)CCC1CCNC1)(C(N)=O)c1cccc(C(F)(F)F)c1.Cl. The first-order valence-corrected chi connectivity index (χ1v) is 8.12. The van der Waals surface area contributed by atoms with Crippen molar-refractivity contribution in [3.63, 3.8) is 0 Å². The molecule has 1 aliphatic heterocycles. The molecule has 146 valence electrons. The molecule has 1 heterocycles. The fourth-order valence-electron chi connectivity index (χ4n) is 2.92. The number of hydrogen-bond acceptors (Lipinski definition) is 3. The topological polar surface area (TPSA) is 84.2 Å². The molecule has 2 unspecified atom stereocenters. The molecule has 26 heavy (non-hydrogen) atoms. The molecule has 0 radical (unpaired) electrons. The van der Waals surface area contributed by atoms with Gasteiger partial charge in [0.15, 0.2) is 0 Å². The van der Waals surface area contributed by atoms with Gasteiger partial charge in [0.2, 0.25) is 11.8 Å². The maximum atomic E-state index is 12.9. The van der Waals surface area contributed by atoms with E-state index in [0.717, 1.165) is 31.6 Å². The molecular weight excluding hydrogens is 371 g/mol. The predicted octanol–water partition coefficient (Wildman–Crippen LogP) is 2.33. The van der Waals surface area contributed by atoms with Crippen LogP contribution < -0.4 is 16.4 Å². The van der Waals surface area contributed by atoms with Gasteiger partial charge in [0.25, 0.3) is 0 Å². The summed E-state index contributed by atoms with van der Waals surface area (Å²) in [5.74, 6) is -0.938. The molecule has 1 aliphatic rings. The highest BCUT2D eigenvalue weighted by Crippen LogP contribution is 2.32. The summed E-state index contributed by atoms with van der Waals surface area (Å²) in [6.45, 7) is 3.07. The first-order valence-electron chi connectivity index (χ1n) is 8.12. The number of nitrogens with one attached hydrogen (secondary N) is 2. The van der Waals surface area contributed by atoms with Gasteiger partial charge in [-0.2, -0.15) is 13.2 Å². The van der Waals surface area contributed by atoms with Crippen LogP contribution in [-0.4, -0.2) is 24.9 Å². The second kappa shape index (κ2) is 8.73. The number of nitrogens with two attached hydrogens (primary N) is 1. The summed E-state index contributed by atoms with van der Waals surface area (Å²) in [7, 11) is 0. The number of primary amides is 1. The molecule has 5 nitrogen and oxygen atoms in total. The largest absolute Gasteiger partial charge is 0.416 e. The van der Waals surface area contributed by atoms with Crippen molar-refractivity contribution >= 4 is 24.2 Å². The van der Waals surface area contributed by atoms with Crippen molar-refractivity contribution in [2.45, 2.75) is 37.9 Å². The van der Waals surface area contributed by atoms with Gasteiger partial charge < -0.3 is 16.4 Å². The highest BCUT2D eigenvalue weighted by Gasteiger charge is 2.38. The summed E-state index contributed by atoms with van der Waals surface area (Å²) < 4.78 is 38.7. The summed E-state index contributed by atoms with van der Waals surface area (Å²) in [4.78, 5) is 24.1. The van der Waals surface area contributed by atoms with Crippen molar-refractivity contribution in [3.8, 4) is 0 Å². The van der Waals surface area contributed by atoms with Crippen LogP contribution in [0.4, 0.5) is 13.2 Å². The molecule has 4 N–H and O–H groups in total.